The standard InChI is InChI=1S/C19H17FN6/c1-26-18-16(12-22-26)17(21-11-13-5-3-2-4-6-13)24-19(25-18)23-15-9-7-14(20)8-10-15/h2-10,12H,11H2,1H3,(H2,21,23,24,25). The Labute approximate surface area is 149 Å². The highest BCUT2D eigenvalue weighted by Crippen LogP contribution is 2.23. The number of benzene rings is 2. The molecule has 4 aromatic rings. The smallest absolute Gasteiger partial charge is 0.231 e. The molecular weight excluding hydrogens is 331 g/mol. The molecule has 0 aliphatic rings. The summed E-state index contributed by atoms with van der Waals surface area (Å²) in [6.07, 6.45) is 1.74. The third kappa shape index (κ3) is 3.32. The number of hydrogen-bond donors (Lipinski definition) is 2. The summed E-state index contributed by atoms with van der Waals surface area (Å²) in [6, 6.07) is 16.1. The highest BCUT2D eigenvalue weighted by Gasteiger charge is 2.12. The van der Waals surface area contributed by atoms with Gasteiger partial charge in [0.2, 0.25) is 5.95 Å². The van der Waals surface area contributed by atoms with Crippen LogP contribution < -0.4 is 10.6 Å². The van der Waals surface area contributed by atoms with Gasteiger partial charge in [0.05, 0.1) is 11.6 Å². The summed E-state index contributed by atoms with van der Waals surface area (Å²) in [5.74, 6) is 0.823. The van der Waals surface area contributed by atoms with E-state index in [0.29, 0.717) is 29.6 Å². The number of nitrogens with zero attached hydrogens (tertiary/aromatic N) is 4. The van der Waals surface area contributed by atoms with Crippen LogP contribution in [0.5, 0.6) is 0 Å². The molecule has 2 heterocycles. The summed E-state index contributed by atoms with van der Waals surface area (Å²) in [7, 11) is 1.83. The van der Waals surface area contributed by atoms with E-state index in [1.165, 1.54) is 12.1 Å². The fourth-order valence-electron chi connectivity index (χ4n) is 2.66. The van der Waals surface area contributed by atoms with E-state index in [9.17, 15) is 4.39 Å². The van der Waals surface area contributed by atoms with E-state index < -0.39 is 0 Å². The Kier molecular flexibility index (Phi) is 4.18. The number of aryl methyl sites for hydroxylation is 1. The van der Waals surface area contributed by atoms with Gasteiger partial charge in [0.25, 0.3) is 0 Å². The minimum Gasteiger partial charge on any atom is -0.365 e. The summed E-state index contributed by atoms with van der Waals surface area (Å²) in [5.41, 5.74) is 2.57. The average Bonchev–Trinajstić information content (AvgIpc) is 3.04. The second-order valence-corrected chi connectivity index (χ2v) is 5.87. The Morgan fingerprint density at radius 3 is 2.54 bits per heavy atom. The van der Waals surface area contributed by atoms with Crippen molar-refractivity contribution in [3.63, 3.8) is 0 Å². The van der Waals surface area contributed by atoms with Crippen LogP contribution in [-0.4, -0.2) is 19.7 Å². The molecule has 130 valence electrons. The third-order valence-electron chi connectivity index (χ3n) is 4.00. The first kappa shape index (κ1) is 16.0. The zero-order chi connectivity index (χ0) is 17.9. The second-order valence-electron chi connectivity index (χ2n) is 5.87. The molecule has 2 aromatic carbocycles. The lowest BCUT2D eigenvalue weighted by atomic mass is 10.2. The summed E-state index contributed by atoms with van der Waals surface area (Å²) >= 11 is 0. The van der Waals surface area contributed by atoms with Gasteiger partial charge in [0, 0.05) is 19.3 Å². The van der Waals surface area contributed by atoms with Gasteiger partial charge in [-0.05, 0) is 29.8 Å². The first-order valence-electron chi connectivity index (χ1n) is 8.19. The highest BCUT2D eigenvalue weighted by atomic mass is 19.1. The molecule has 0 saturated heterocycles. The van der Waals surface area contributed by atoms with Crippen molar-refractivity contribution in [2.24, 2.45) is 7.05 Å². The van der Waals surface area contributed by atoms with Crippen molar-refractivity contribution in [2.45, 2.75) is 6.54 Å². The van der Waals surface area contributed by atoms with Gasteiger partial charge in [0.15, 0.2) is 5.65 Å². The third-order valence-corrected chi connectivity index (χ3v) is 4.00. The molecule has 0 atom stereocenters. The Morgan fingerprint density at radius 1 is 1.00 bits per heavy atom. The molecule has 0 saturated carbocycles. The molecule has 0 aliphatic carbocycles. The number of fused-ring (bicyclic) bond motifs is 1. The summed E-state index contributed by atoms with van der Waals surface area (Å²) in [5, 5.41) is 11.6. The maximum atomic E-state index is 13.1. The topological polar surface area (TPSA) is 67.7 Å². The molecule has 7 heteroatoms. The molecule has 2 N–H and O–H groups in total. The molecule has 0 aliphatic heterocycles. The van der Waals surface area contributed by atoms with Gasteiger partial charge in [0.1, 0.15) is 11.6 Å². The minimum atomic E-state index is -0.288. The van der Waals surface area contributed by atoms with Crippen molar-refractivity contribution < 1.29 is 4.39 Å². The number of halogens is 1. The lowest BCUT2D eigenvalue weighted by Gasteiger charge is -2.10. The Bertz CT molecular complexity index is 1030. The fraction of sp³-hybridized carbons (Fsp3) is 0.105. The van der Waals surface area contributed by atoms with Gasteiger partial charge in [-0.1, -0.05) is 30.3 Å². The van der Waals surface area contributed by atoms with E-state index in [4.69, 9.17) is 0 Å². The SMILES string of the molecule is Cn1ncc2c(NCc3ccccc3)nc(Nc3ccc(F)cc3)nc21. The molecule has 6 nitrogen and oxygen atoms in total. The zero-order valence-electron chi connectivity index (χ0n) is 14.1. The zero-order valence-corrected chi connectivity index (χ0v) is 14.1. The van der Waals surface area contributed by atoms with Gasteiger partial charge in [-0.2, -0.15) is 15.1 Å². The van der Waals surface area contributed by atoms with Gasteiger partial charge in [-0.3, -0.25) is 4.68 Å². The molecule has 0 unspecified atom stereocenters. The van der Waals surface area contributed by atoms with E-state index in [1.807, 2.05) is 37.4 Å². The number of rotatable bonds is 5. The fourth-order valence-corrected chi connectivity index (χ4v) is 2.66. The molecule has 0 bridgehead atoms. The van der Waals surface area contributed by atoms with Crippen LogP contribution in [0.3, 0.4) is 0 Å². The van der Waals surface area contributed by atoms with Gasteiger partial charge < -0.3 is 10.6 Å². The number of hydrogen-bond acceptors (Lipinski definition) is 5. The molecule has 0 fully saturated rings. The van der Waals surface area contributed by atoms with Crippen LogP contribution in [0, 0.1) is 5.82 Å². The quantitative estimate of drug-likeness (QED) is 0.573. The van der Waals surface area contributed by atoms with E-state index in [2.05, 4.69) is 25.7 Å². The molecule has 0 radical (unpaired) electrons. The normalized spacial score (nSPS) is 10.8. The van der Waals surface area contributed by atoms with Crippen LogP contribution in [0.1, 0.15) is 5.56 Å². The number of nitrogens with one attached hydrogen (secondary N) is 2. The Balaban J connectivity index is 1.65. The van der Waals surface area contributed by atoms with Crippen molar-refractivity contribution in [1.29, 1.82) is 0 Å². The van der Waals surface area contributed by atoms with E-state index in [0.717, 1.165) is 10.9 Å². The Hall–Kier alpha value is -3.48. The molecular formula is C19H17FN6. The van der Waals surface area contributed by atoms with Crippen LogP contribution in [-0.2, 0) is 13.6 Å². The maximum Gasteiger partial charge on any atom is 0.231 e. The summed E-state index contributed by atoms with van der Waals surface area (Å²) in [6.45, 7) is 0.637. The van der Waals surface area contributed by atoms with Gasteiger partial charge in [-0.15, -0.1) is 0 Å². The first-order chi connectivity index (χ1) is 12.7. The summed E-state index contributed by atoms with van der Waals surface area (Å²) < 4.78 is 14.8. The number of anilines is 3. The van der Waals surface area contributed by atoms with Crippen molar-refractivity contribution in [3.8, 4) is 0 Å². The van der Waals surface area contributed by atoms with Crippen molar-refractivity contribution >= 4 is 28.5 Å². The molecule has 4 rings (SSSR count). The average molecular weight is 348 g/mol. The minimum absolute atomic E-state index is 0.288. The Morgan fingerprint density at radius 2 is 1.77 bits per heavy atom. The van der Waals surface area contributed by atoms with Crippen molar-refractivity contribution in [3.05, 3.63) is 72.2 Å². The van der Waals surface area contributed by atoms with Crippen molar-refractivity contribution in [1.82, 2.24) is 19.7 Å². The van der Waals surface area contributed by atoms with E-state index in [-0.39, 0.29) is 5.82 Å². The van der Waals surface area contributed by atoms with Gasteiger partial charge in [-0.25, -0.2) is 4.39 Å². The van der Waals surface area contributed by atoms with Crippen molar-refractivity contribution in [2.75, 3.05) is 10.6 Å². The monoisotopic (exact) mass is 348 g/mol. The van der Waals surface area contributed by atoms with Crippen LogP contribution >= 0.6 is 0 Å². The predicted octanol–water partition coefficient (Wildman–Crippen LogP) is 3.86. The highest BCUT2D eigenvalue weighted by molar-refractivity contribution is 5.87. The van der Waals surface area contributed by atoms with Crippen LogP contribution in [0.4, 0.5) is 21.8 Å². The lowest BCUT2D eigenvalue weighted by molar-refractivity contribution is 0.628. The second kappa shape index (κ2) is 6.79. The van der Waals surface area contributed by atoms with Crippen LogP contribution in [0.2, 0.25) is 0 Å². The molecule has 26 heavy (non-hydrogen) atoms. The van der Waals surface area contributed by atoms with Gasteiger partial charge >= 0.3 is 0 Å². The van der Waals surface area contributed by atoms with Crippen LogP contribution in [0.25, 0.3) is 11.0 Å². The van der Waals surface area contributed by atoms with Crippen LogP contribution in [0.15, 0.2) is 60.8 Å². The van der Waals surface area contributed by atoms with E-state index >= 15 is 0 Å². The molecule has 2 aromatic heterocycles. The maximum absolute atomic E-state index is 13.1. The lowest BCUT2D eigenvalue weighted by Crippen LogP contribution is -2.06. The molecule has 0 spiro atoms. The van der Waals surface area contributed by atoms with E-state index in [1.54, 1.807) is 23.0 Å². The first-order valence-corrected chi connectivity index (χ1v) is 8.19. The summed E-state index contributed by atoms with van der Waals surface area (Å²) in [4.78, 5) is 9.08. The largest absolute Gasteiger partial charge is 0.365 e. The molecule has 0 amide bonds. The number of aromatic nitrogens is 4. The predicted molar refractivity (Wildman–Crippen MR) is 99.8 cm³/mol.